The highest BCUT2D eigenvalue weighted by molar-refractivity contribution is 5.16. The summed E-state index contributed by atoms with van der Waals surface area (Å²) < 4.78 is 5.08. The van der Waals surface area contributed by atoms with Crippen molar-refractivity contribution in [2.75, 3.05) is 7.11 Å². The lowest BCUT2D eigenvalue weighted by atomic mass is 10.3. The second-order valence-corrected chi connectivity index (χ2v) is 2.10. The maximum atomic E-state index is 5.08. The van der Waals surface area contributed by atoms with E-state index in [2.05, 4.69) is 6.92 Å². The van der Waals surface area contributed by atoms with Crippen LogP contribution in [0.4, 0.5) is 0 Å². The topological polar surface area (TPSA) is 9.23 Å². The lowest BCUT2D eigenvalue weighted by Gasteiger charge is -1.96. The Balaban J connectivity index is 3.96. The molecule has 0 heterocycles. The number of rotatable bonds is 4. The summed E-state index contributed by atoms with van der Waals surface area (Å²) in [4.78, 5) is 0. The fraction of sp³-hybridized carbons (Fsp3) is 0.400. The Morgan fingerprint density at radius 2 is 2.09 bits per heavy atom. The van der Waals surface area contributed by atoms with Crippen molar-refractivity contribution in [3.05, 3.63) is 36.1 Å². The van der Waals surface area contributed by atoms with E-state index >= 15 is 0 Å². The van der Waals surface area contributed by atoms with Gasteiger partial charge in [-0.05, 0) is 25.5 Å². The molecule has 0 saturated heterocycles. The van der Waals surface area contributed by atoms with Crippen molar-refractivity contribution in [3.63, 3.8) is 0 Å². The molecule has 0 fully saturated rings. The summed E-state index contributed by atoms with van der Waals surface area (Å²) in [7, 11) is 1.68. The molecule has 0 aromatic heterocycles. The van der Waals surface area contributed by atoms with Gasteiger partial charge in [-0.25, -0.2) is 0 Å². The zero-order valence-electron chi connectivity index (χ0n) is 7.50. The second kappa shape index (κ2) is 7.13. The van der Waals surface area contributed by atoms with Crippen LogP contribution >= 0.6 is 0 Å². The molecule has 0 aromatic carbocycles. The Hall–Kier alpha value is -0.980. The minimum Gasteiger partial charge on any atom is -0.497 e. The van der Waals surface area contributed by atoms with Crippen LogP contribution in [-0.2, 0) is 4.74 Å². The maximum absolute atomic E-state index is 5.08. The molecule has 0 rings (SSSR count). The third-order valence-electron chi connectivity index (χ3n) is 1.21. The number of hydrogen-bond acceptors (Lipinski definition) is 1. The monoisotopic (exact) mass is 152 g/mol. The molecule has 0 amide bonds. The molecule has 0 aliphatic heterocycles. The molecule has 0 unspecified atom stereocenters. The summed E-state index contributed by atoms with van der Waals surface area (Å²) in [5, 5.41) is 0. The van der Waals surface area contributed by atoms with Crippen molar-refractivity contribution in [1.82, 2.24) is 0 Å². The van der Waals surface area contributed by atoms with Crippen LogP contribution in [0.2, 0.25) is 0 Å². The minimum atomic E-state index is 0.922. The smallest absolute Gasteiger partial charge is 0.114 e. The van der Waals surface area contributed by atoms with Gasteiger partial charge >= 0.3 is 0 Å². The van der Waals surface area contributed by atoms with Gasteiger partial charge in [0.15, 0.2) is 0 Å². The maximum Gasteiger partial charge on any atom is 0.114 e. The zero-order chi connectivity index (χ0) is 8.53. The van der Waals surface area contributed by atoms with Gasteiger partial charge in [0.2, 0.25) is 0 Å². The Bertz CT molecular complexity index is 164. The molecule has 0 saturated carbocycles. The largest absolute Gasteiger partial charge is 0.497 e. The highest BCUT2D eigenvalue weighted by atomic mass is 16.5. The number of hydrogen-bond donors (Lipinski definition) is 0. The van der Waals surface area contributed by atoms with E-state index in [1.54, 1.807) is 7.11 Å². The summed E-state index contributed by atoms with van der Waals surface area (Å²) in [5.74, 6) is 0.922. The normalized spacial score (nSPS) is 13.2. The van der Waals surface area contributed by atoms with Crippen molar-refractivity contribution in [2.45, 2.75) is 20.3 Å². The summed E-state index contributed by atoms with van der Waals surface area (Å²) in [6, 6.07) is 0. The van der Waals surface area contributed by atoms with E-state index in [4.69, 9.17) is 4.74 Å². The van der Waals surface area contributed by atoms with Gasteiger partial charge in [-0.1, -0.05) is 25.2 Å². The Labute approximate surface area is 69.1 Å². The fourth-order valence-corrected chi connectivity index (χ4v) is 0.682. The predicted octanol–water partition coefficient (Wildman–Crippen LogP) is 3.06. The summed E-state index contributed by atoms with van der Waals surface area (Å²) in [5.41, 5.74) is 0. The van der Waals surface area contributed by atoms with Gasteiger partial charge in [0, 0.05) is 0 Å². The highest BCUT2D eigenvalue weighted by Gasteiger charge is 1.83. The highest BCUT2D eigenvalue weighted by Crippen LogP contribution is 1.99. The van der Waals surface area contributed by atoms with Crippen LogP contribution in [0.15, 0.2) is 36.1 Å². The average molecular weight is 152 g/mol. The third-order valence-corrected chi connectivity index (χ3v) is 1.21. The molecule has 0 N–H and O–H groups in total. The van der Waals surface area contributed by atoms with Gasteiger partial charge in [0.25, 0.3) is 0 Å². The van der Waals surface area contributed by atoms with Crippen LogP contribution in [0.5, 0.6) is 0 Å². The SMILES string of the molecule is C\C=C/C=C\C(=C\CC)OC. The van der Waals surface area contributed by atoms with Gasteiger partial charge < -0.3 is 4.74 Å². The average Bonchev–Trinajstić information content (AvgIpc) is 2.03. The molecule has 1 heteroatoms. The van der Waals surface area contributed by atoms with Crippen molar-refractivity contribution < 1.29 is 4.74 Å². The van der Waals surface area contributed by atoms with Crippen LogP contribution in [0.1, 0.15) is 20.3 Å². The quantitative estimate of drug-likeness (QED) is 0.444. The number of allylic oxidation sites excluding steroid dienone is 5. The fourth-order valence-electron chi connectivity index (χ4n) is 0.682. The minimum absolute atomic E-state index is 0.922. The summed E-state index contributed by atoms with van der Waals surface area (Å²) >= 11 is 0. The standard InChI is InChI=1S/C10H16O/c1-4-6-7-9-10(11-3)8-5-2/h4,6-9H,5H2,1-3H3/b6-4-,9-7-,10-8-. The molecule has 0 radical (unpaired) electrons. The van der Waals surface area contributed by atoms with E-state index in [1.165, 1.54) is 0 Å². The summed E-state index contributed by atoms with van der Waals surface area (Å²) in [6.45, 7) is 4.07. The van der Waals surface area contributed by atoms with Gasteiger partial charge in [0.1, 0.15) is 5.76 Å². The van der Waals surface area contributed by atoms with Crippen molar-refractivity contribution in [3.8, 4) is 0 Å². The molecule has 0 aromatic rings. The Kier molecular flexibility index (Phi) is 6.50. The first-order chi connectivity index (χ1) is 5.35. The van der Waals surface area contributed by atoms with E-state index in [1.807, 2.05) is 37.3 Å². The van der Waals surface area contributed by atoms with Crippen LogP contribution in [0, 0.1) is 0 Å². The predicted molar refractivity (Wildman–Crippen MR) is 49.3 cm³/mol. The lowest BCUT2D eigenvalue weighted by Crippen LogP contribution is -1.79. The van der Waals surface area contributed by atoms with Gasteiger partial charge in [-0.3, -0.25) is 0 Å². The molecular weight excluding hydrogens is 136 g/mol. The van der Waals surface area contributed by atoms with E-state index in [0.29, 0.717) is 0 Å². The molecule has 62 valence electrons. The molecule has 0 atom stereocenters. The molecule has 0 aliphatic rings. The van der Waals surface area contributed by atoms with E-state index < -0.39 is 0 Å². The molecule has 0 spiro atoms. The first kappa shape index (κ1) is 10.0. The molecule has 0 bridgehead atoms. The lowest BCUT2D eigenvalue weighted by molar-refractivity contribution is 0.305. The van der Waals surface area contributed by atoms with Crippen LogP contribution in [0.3, 0.4) is 0 Å². The van der Waals surface area contributed by atoms with Crippen LogP contribution in [-0.4, -0.2) is 7.11 Å². The molecule has 0 aliphatic carbocycles. The number of methoxy groups -OCH3 is 1. The Morgan fingerprint density at radius 1 is 1.36 bits per heavy atom. The number of ether oxygens (including phenoxy) is 1. The Morgan fingerprint density at radius 3 is 2.55 bits per heavy atom. The van der Waals surface area contributed by atoms with Crippen molar-refractivity contribution in [1.29, 1.82) is 0 Å². The van der Waals surface area contributed by atoms with Crippen molar-refractivity contribution in [2.24, 2.45) is 0 Å². The first-order valence-electron chi connectivity index (χ1n) is 3.88. The van der Waals surface area contributed by atoms with E-state index in [-0.39, 0.29) is 0 Å². The van der Waals surface area contributed by atoms with Gasteiger partial charge in [-0.2, -0.15) is 0 Å². The van der Waals surface area contributed by atoms with Crippen LogP contribution < -0.4 is 0 Å². The summed E-state index contributed by atoms with van der Waals surface area (Å²) in [6.07, 6.45) is 10.9. The third kappa shape index (κ3) is 5.46. The van der Waals surface area contributed by atoms with Gasteiger partial charge in [-0.15, -0.1) is 0 Å². The van der Waals surface area contributed by atoms with Crippen LogP contribution in [0.25, 0.3) is 0 Å². The zero-order valence-corrected chi connectivity index (χ0v) is 7.50. The van der Waals surface area contributed by atoms with E-state index in [0.717, 1.165) is 12.2 Å². The second-order valence-electron chi connectivity index (χ2n) is 2.10. The van der Waals surface area contributed by atoms with E-state index in [9.17, 15) is 0 Å². The molecular formula is C10H16O. The van der Waals surface area contributed by atoms with Gasteiger partial charge in [0.05, 0.1) is 7.11 Å². The van der Waals surface area contributed by atoms with Crippen molar-refractivity contribution >= 4 is 0 Å². The molecule has 11 heavy (non-hydrogen) atoms. The first-order valence-corrected chi connectivity index (χ1v) is 3.88. The molecule has 1 nitrogen and oxygen atoms in total.